The van der Waals surface area contributed by atoms with Crippen molar-refractivity contribution in [3.8, 4) is 11.3 Å². The van der Waals surface area contributed by atoms with Crippen LogP contribution >= 0.6 is 11.3 Å². The number of imidazole rings is 1. The Morgan fingerprint density at radius 2 is 1.86 bits per heavy atom. The van der Waals surface area contributed by atoms with Gasteiger partial charge in [-0.1, -0.05) is 54.6 Å². The molecule has 0 bridgehead atoms. The second-order valence-electron chi connectivity index (χ2n) is 6.57. The van der Waals surface area contributed by atoms with E-state index < -0.39 is 0 Å². The Kier molecular flexibility index (Phi) is 5.50. The second kappa shape index (κ2) is 8.37. The van der Waals surface area contributed by atoms with E-state index >= 15 is 0 Å². The van der Waals surface area contributed by atoms with Crippen LogP contribution in [0.4, 0.5) is 0 Å². The van der Waals surface area contributed by atoms with E-state index in [9.17, 15) is 4.79 Å². The highest BCUT2D eigenvalue weighted by molar-refractivity contribution is 7.15. The Morgan fingerprint density at radius 1 is 1.11 bits per heavy atom. The molecule has 0 aliphatic heterocycles. The summed E-state index contributed by atoms with van der Waals surface area (Å²) in [5, 5.41) is 4.99. The van der Waals surface area contributed by atoms with E-state index in [1.54, 1.807) is 18.4 Å². The van der Waals surface area contributed by atoms with E-state index in [1.165, 1.54) is 0 Å². The Bertz CT molecular complexity index is 1070. The lowest BCUT2D eigenvalue weighted by molar-refractivity contribution is -0.120. The van der Waals surface area contributed by atoms with E-state index in [0.29, 0.717) is 19.6 Å². The van der Waals surface area contributed by atoms with Crippen LogP contribution in [0.15, 0.2) is 66.2 Å². The van der Waals surface area contributed by atoms with Crippen LogP contribution in [0.3, 0.4) is 0 Å². The fourth-order valence-electron chi connectivity index (χ4n) is 3.05. The summed E-state index contributed by atoms with van der Waals surface area (Å²) in [4.78, 5) is 18.0. The number of benzene rings is 2. The van der Waals surface area contributed by atoms with Crippen LogP contribution in [-0.2, 0) is 29.1 Å². The number of hydrogen-bond acceptors (Lipinski definition) is 4. The number of rotatable bonds is 7. The van der Waals surface area contributed by atoms with Gasteiger partial charge in [-0.3, -0.25) is 9.20 Å². The minimum absolute atomic E-state index is 0.00405. The Hall–Kier alpha value is -2.96. The van der Waals surface area contributed by atoms with Crippen molar-refractivity contribution in [1.29, 1.82) is 0 Å². The minimum atomic E-state index is -0.00405. The lowest BCUT2D eigenvalue weighted by atomic mass is 10.1. The van der Waals surface area contributed by atoms with Gasteiger partial charge >= 0.3 is 0 Å². The molecule has 0 unspecified atom stereocenters. The summed E-state index contributed by atoms with van der Waals surface area (Å²) in [6.45, 7) is 1.11. The van der Waals surface area contributed by atoms with Gasteiger partial charge in [-0.15, -0.1) is 11.3 Å². The van der Waals surface area contributed by atoms with Crippen LogP contribution in [0.5, 0.6) is 0 Å². The van der Waals surface area contributed by atoms with Gasteiger partial charge in [0.25, 0.3) is 0 Å². The molecule has 5 nitrogen and oxygen atoms in total. The van der Waals surface area contributed by atoms with Crippen molar-refractivity contribution in [2.24, 2.45) is 0 Å². The van der Waals surface area contributed by atoms with Gasteiger partial charge in [0.1, 0.15) is 0 Å². The molecular formula is C22H21N3O2S. The largest absolute Gasteiger partial charge is 0.380 e. The number of carbonyl (C=O) groups excluding carboxylic acids is 1. The molecule has 0 spiro atoms. The average Bonchev–Trinajstić information content (AvgIpc) is 3.30. The van der Waals surface area contributed by atoms with Crippen LogP contribution in [0.1, 0.15) is 16.8 Å². The highest BCUT2D eigenvalue weighted by atomic mass is 32.1. The molecule has 2 heterocycles. The number of fused-ring (bicyclic) bond motifs is 1. The topological polar surface area (TPSA) is 55.6 Å². The second-order valence-corrected chi connectivity index (χ2v) is 7.41. The standard InChI is InChI=1S/C22H21N3O2S/c1-27-14-17-9-7-16(8-10-17)12-23-21(26)11-19-15-28-22-24-20(13-25(19)22)18-5-3-2-4-6-18/h2-10,13,15H,11-12,14H2,1H3,(H,23,26). The zero-order valence-corrected chi connectivity index (χ0v) is 16.4. The summed E-state index contributed by atoms with van der Waals surface area (Å²) in [5.41, 5.74) is 5.13. The number of hydrogen-bond donors (Lipinski definition) is 1. The van der Waals surface area contributed by atoms with Crippen LogP contribution in [0.25, 0.3) is 16.2 Å². The molecule has 1 amide bonds. The number of methoxy groups -OCH3 is 1. The average molecular weight is 391 g/mol. The van der Waals surface area contributed by atoms with Gasteiger partial charge in [0.05, 0.1) is 18.7 Å². The molecule has 4 aromatic rings. The van der Waals surface area contributed by atoms with E-state index in [4.69, 9.17) is 4.74 Å². The molecule has 6 heteroatoms. The maximum absolute atomic E-state index is 12.4. The molecule has 0 saturated heterocycles. The van der Waals surface area contributed by atoms with Crippen molar-refractivity contribution < 1.29 is 9.53 Å². The molecule has 0 aliphatic carbocycles. The maximum atomic E-state index is 12.4. The third kappa shape index (κ3) is 4.13. The van der Waals surface area contributed by atoms with E-state index in [-0.39, 0.29) is 5.91 Å². The summed E-state index contributed by atoms with van der Waals surface area (Å²) in [7, 11) is 1.68. The van der Waals surface area contributed by atoms with Crippen molar-refractivity contribution in [2.45, 2.75) is 19.6 Å². The van der Waals surface area contributed by atoms with Gasteiger partial charge in [0.2, 0.25) is 5.91 Å². The molecule has 2 aromatic heterocycles. The van der Waals surface area contributed by atoms with Crippen molar-refractivity contribution >= 4 is 22.2 Å². The number of amides is 1. The number of thiazole rings is 1. The first-order valence-corrected chi connectivity index (χ1v) is 9.95. The van der Waals surface area contributed by atoms with E-state index in [0.717, 1.165) is 33.0 Å². The molecule has 2 aromatic carbocycles. The lowest BCUT2D eigenvalue weighted by Crippen LogP contribution is -2.25. The molecule has 0 atom stereocenters. The fraction of sp³-hybridized carbons (Fsp3) is 0.182. The molecule has 0 aliphatic rings. The predicted molar refractivity (Wildman–Crippen MR) is 111 cm³/mol. The first-order valence-electron chi connectivity index (χ1n) is 9.07. The Morgan fingerprint density at radius 3 is 2.61 bits per heavy atom. The highest BCUT2D eigenvalue weighted by Gasteiger charge is 2.12. The smallest absolute Gasteiger partial charge is 0.226 e. The molecule has 0 saturated carbocycles. The number of ether oxygens (including phenoxy) is 1. The van der Waals surface area contributed by atoms with Gasteiger partial charge in [-0.25, -0.2) is 4.98 Å². The molecule has 1 N–H and O–H groups in total. The van der Waals surface area contributed by atoms with Crippen LogP contribution in [0.2, 0.25) is 0 Å². The van der Waals surface area contributed by atoms with Crippen molar-refractivity contribution in [1.82, 2.24) is 14.7 Å². The van der Waals surface area contributed by atoms with Gasteiger partial charge in [0, 0.05) is 36.5 Å². The molecule has 0 radical (unpaired) electrons. The quantitative estimate of drug-likeness (QED) is 0.517. The van der Waals surface area contributed by atoms with Gasteiger partial charge in [-0.2, -0.15) is 0 Å². The van der Waals surface area contributed by atoms with E-state index in [2.05, 4.69) is 10.3 Å². The lowest BCUT2D eigenvalue weighted by Gasteiger charge is -2.06. The first kappa shape index (κ1) is 18.4. The zero-order chi connectivity index (χ0) is 19.3. The SMILES string of the molecule is COCc1ccc(CNC(=O)Cc2csc3nc(-c4ccccc4)cn23)cc1. The third-order valence-electron chi connectivity index (χ3n) is 4.52. The molecule has 0 fully saturated rings. The summed E-state index contributed by atoms with van der Waals surface area (Å²) in [6, 6.07) is 18.1. The van der Waals surface area contributed by atoms with Crippen LogP contribution in [0, 0.1) is 0 Å². The molecule has 28 heavy (non-hydrogen) atoms. The molecule has 4 rings (SSSR count). The third-order valence-corrected chi connectivity index (χ3v) is 5.41. The number of carbonyl (C=O) groups is 1. The van der Waals surface area contributed by atoms with Crippen LogP contribution in [-0.4, -0.2) is 22.4 Å². The predicted octanol–water partition coefficient (Wildman–Crippen LogP) is 4.07. The summed E-state index contributed by atoms with van der Waals surface area (Å²) >= 11 is 1.55. The first-order chi connectivity index (χ1) is 13.7. The van der Waals surface area contributed by atoms with Crippen molar-refractivity contribution in [3.05, 3.63) is 83.0 Å². The van der Waals surface area contributed by atoms with Crippen molar-refractivity contribution in [2.75, 3.05) is 7.11 Å². The number of aromatic nitrogens is 2. The maximum Gasteiger partial charge on any atom is 0.226 e. The number of nitrogens with one attached hydrogen (secondary N) is 1. The van der Waals surface area contributed by atoms with Crippen LogP contribution < -0.4 is 5.32 Å². The minimum Gasteiger partial charge on any atom is -0.380 e. The van der Waals surface area contributed by atoms with Crippen molar-refractivity contribution in [3.63, 3.8) is 0 Å². The molecular weight excluding hydrogens is 370 g/mol. The van der Waals surface area contributed by atoms with Gasteiger partial charge < -0.3 is 10.1 Å². The summed E-state index contributed by atoms with van der Waals surface area (Å²) < 4.78 is 7.12. The Labute approximate surface area is 167 Å². The molecule has 142 valence electrons. The summed E-state index contributed by atoms with van der Waals surface area (Å²) in [6.07, 6.45) is 2.32. The van der Waals surface area contributed by atoms with E-state index in [1.807, 2.05) is 70.6 Å². The van der Waals surface area contributed by atoms with Gasteiger partial charge in [-0.05, 0) is 11.1 Å². The zero-order valence-electron chi connectivity index (χ0n) is 15.6. The summed E-state index contributed by atoms with van der Waals surface area (Å²) in [5.74, 6) is -0.00405. The Balaban J connectivity index is 1.40. The monoisotopic (exact) mass is 391 g/mol. The highest BCUT2D eigenvalue weighted by Crippen LogP contribution is 2.23. The normalized spacial score (nSPS) is 11.0. The number of nitrogens with zero attached hydrogens (tertiary/aromatic N) is 2. The fourth-order valence-corrected chi connectivity index (χ4v) is 3.93. The van der Waals surface area contributed by atoms with Gasteiger partial charge in [0.15, 0.2) is 4.96 Å².